The molecule has 1 aliphatic heterocycles. The Morgan fingerprint density at radius 3 is 2.10 bits per heavy atom. The largest absolute Gasteiger partial charge is 0.398 e. The molecule has 5 nitrogen and oxygen atoms in total. The summed E-state index contributed by atoms with van der Waals surface area (Å²) in [5.74, 6) is 0. The van der Waals surface area contributed by atoms with Crippen molar-refractivity contribution in [2.75, 3.05) is 18.8 Å². The zero-order chi connectivity index (χ0) is 15.2. The molecule has 1 aliphatic rings. The quantitative estimate of drug-likeness (QED) is 0.846. The van der Waals surface area contributed by atoms with E-state index in [-0.39, 0.29) is 10.6 Å². The average Bonchev–Trinajstić information content (AvgIpc) is 2.25. The third kappa shape index (κ3) is 2.97. The van der Waals surface area contributed by atoms with E-state index in [4.69, 9.17) is 10.5 Å². The van der Waals surface area contributed by atoms with E-state index in [9.17, 15) is 8.42 Å². The number of ether oxygens (including phenoxy) is 1. The third-order valence-corrected chi connectivity index (χ3v) is 5.07. The highest BCUT2D eigenvalue weighted by Crippen LogP contribution is 2.32. The van der Waals surface area contributed by atoms with Gasteiger partial charge in [0, 0.05) is 13.1 Å². The van der Waals surface area contributed by atoms with Crippen molar-refractivity contribution in [3.63, 3.8) is 0 Å². The molecule has 0 radical (unpaired) electrons. The normalized spacial score (nSPS) is 22.6. The molecule has 1 heterocycles. The lowest BCUT2D eigenvalue weighted by molar-refractivity contribution is -0.163. The van der Waals surface area contributed by atoms with Crippen molar-refractivity contribution in [1.82, 2.24) is 4.31 Å². The predicted octanol–water partition coefficient (Wildman–Crippen LogP) is 1.85. The van der Waals surface area contributed by atoms with Gasteiger partial charge in [-0.1, -0.05) is 12.1 Å². The number of anilines is 1. The van der Waals surface area contributed by atoms with Crippen LogP contribution in [0.4, 0.5) is 5.69 Å². The molecule has 6 heteroatoms. The number of benzene rings is 1. The number of rotatable bonds is 2. The molecule has 2 N–H and O–H groups in total. The molecule has 0 spiro atoms. The number of nitrogens with zero attached hydrogens (tertiary/aromatic N) is 1. The lowest BCUT2D eigenvalue weighted by atomic mass is 10.0. The summed E-state index contributed by atoms with van der Waals surface area (Å²) in [6.45, 7) is 8.20. The summed E-state index contributed by atoms with van der Waals surface area (Å²) >= 11 is 0. The molecule has 1 saturated heterocycles. The molecular formula is C14H22N2O3S. The highest BCUT2D eigenvalue weighted by molar-refractivity contribution is 7.89. The molecule has 1 aromatic rings. The first-order chi connectivity index (χ1) is 9.04. The molecule has 2 rings (SSSR count). The van der Waals surface area contributed by atoms with Crippen molar-refractivity contribution in [2.24, 2.45) is 0 Å². The number of hydrogen-bond acceptors (Lipinski definition) is 4. The standard InChI is InChI=1S/C14H22N2O3S/c1-13(2)9-16(10-14(3,4)19-13)20(17,18)12-8-6-5-7-11(12)15/h5-8H,9-10,15H2,1-4H3. The second kappa shape index (κ2) is 4.72. The van der Waals surface area contributed by atoms with Crippen molar-refractivity contribution in [2.45, 2.75) is 43.8 Å². The maximum Gasteiger partial charge on any atom is 0.245 e. The van der Waals surface area contributed by atoms with Gasteiger partial charge in [-0.05, 0) is 39.8 Å². The molecule has 0 amide bonds. The zero-order valence-electron chi connectivity index (χ0n) is 12.4. The molecule has 0 atom stereocenters. The SMILES string of the molecule is CC1(C)CN(S(=O)(=O)c2ccccc2N)CC(C)(C)O1. The van der Waals surface area contributed by atoms with Crippen molar-refractivity contribution in [1.29, 1.82) is 0 Å². The first-order valence-electron chi connectivity index (χ1n) is 6.58. The van der Waals surface area contributed by atoms with Crippen LogP contribution >= 0.6 is 0 Å². The Hall–Kier alpha value is -1.11. The van der Waals surface area contributed by atoms with E-state index >= 15 is 0 Å². The van der Waals surface area contributed by atoms with Gasteiger partial charge >= 0.3 is 0 Å². The summed E-state index contributed by atoms with van der Waals surface area (Å²) in [7, 11) is -3.61. The summed E-state index contributed by atoms with van der Waals surface area (Å²) in [5, 5.41) is 0. The van der Waals surface area contributed by atoms with Crippen LogP contribution in [0.3, 0.4) is 0 Å². The van der Waals surface area contributed by atoms with Crippen LogP contribution in [-0.2, 0) is 14.8 Å². The lowest BCUT2D eigenvalue weighted by Gasteiger charge is -2.46. The van der Waals surface area contributed by atoms with Gasteiger partial charge in [0.05, 0.1) is 16.9 Å². The Morgan fingerprint density at radius 1 is 1.10 bits per heavy atom. The number of para-hydroxylation sites is 1. The van der Waals surface area contributed by atoms with Crippen LogP contribution < -0.4 is 5.73 Å². The van der Waals surface area contributed by atoms with Gasteiger partial charge in [0.15, 0.2) is 0 Å². The summed E-state index contributed by atoms with van der Waals surface area (Å²) in [6.07, 6.45) is 0. The van der Waals surface area contributed by atoms with Crippen LogP contribution in [0.25, 0.3) is 0 Å². The third-order valence-electron chi connectivity index (χ3n) is 3.20. The van der Waals surface area contributed by atoms with Crippen LogP contribution in [0, 0.1) is 0 Å². The van der Waals surface area contributed by atoms with Gasteiger partial charge in [0.25, 0.3) is 0 Å². The van der Waals surface area contributed by atoms with E-state index in [1.165, 1.54) is 4.31 Å². The minimum Gasteiger partial charge on any atom is -0.398 e. The van der Waals surface area contributed by atoms with E-state index in [1.807, 2.05) is 27.7 Å². The molecule has 0 aliphatic carbocycles. The van der Waals surface area contributed by atoms with E-state index in [0.29, 0.717) is 13.1 Å². The Labute approximate surface area is 120 Å². The van der Waals surface area contributed by atoms with E-state index in [2.05, 4.69) is 0 Å². The Bertz CT molecular complexity index is 593. The minimum absolute atomic E-state index is 0.161. The lowest BCUT2D eigenvalue weighted by Crippen LogP contribution is -2.58. The number of hydrogen-bond donors (Lipinski definition) is 1. The maximum atomic E-state index is 12.8. The second-order valence-electron chi connectivity index (χ2n) is 6.43. The number of morpholine rings is 1. The fraction of sp³-hybridized carbons (Fsp3) is 0.571. The zero-order valence-corrected chi connectivity index (χ0v) is 13.2. The van der Waals surface area contributed by atoms with Crippen molar-refractivity contribution < 1.29 is 13.2 Å². The highest BCUT2D eigenvalue weighted by atomic mass is 32.2. The smallest absolute Gasteiger partial charge is 0.245 e. The topological polar surface area (TPSA) is 72.6 Å². The van der Waals surface area contributed by atoms with E-state index in [0.717, 1.165) is 0 Å². The first kappa shape index (κ1) is 15.3. The monoisotopic (exact) mass is 298 g/mol. The van der Waals surface area contributed by atoms with Crippen LogP contribution in [0.2, 0.25) is 0 Å². The molecule has 1 aromatic carbocycles. The summed E-state index contributed by atoms with van der Waals surface area (Å²) in [4.78, 5) is 0.161. The summed E-state index contributed by atoms with van der Waals surface area (Å²) in [6, 6.07) is 6.55. The Kier molecular flexibility index (Phi) is 3.60. The summed E-state index contributed by atoms with van der Waals surface area (Å²) in [5.41, 5.74) is 5.03. The number of nitrogens with two attached hydrogens (primary N) is 1. The molecule has 20 heavy (non-hydrogen) atoms. The van der Waals surface area contributed by atoms with Crippen LogP contribution in [0.5, 0.6) is 0 Å². The highest BCUT2D eigenvalue weighted by Gasteiger charge is 2.43. The van der Waals surface area contributed by atoms with Gasteiger partial charge in [0.1, 0.15) is 4.90 Å². The van der Waals surface area contributed by atoms with Gasteiger partial charge in [-0.3, -0.25) is 0 Å². The maximum absolute atomic E-state index is 12.8. The van der Waals surface area contributed by atoms with Gasteiger partial charge in [-0.15, -0.1) is 0 Å². The Morgan fingerprint density at radius 2 is 1.60 bits per heavy atom. The average molecular weight is 298 g/mol. The van der Waals surface area contributed by atoms with Crippen molar-refractivity contribution >= 4 is 15.7 Å². The van der Waals surface area contributed by atoms with Gasteiger partial charge in [-0.2, -0.15) is 4.31 Å². The fourth-order valence-corrected chi connectivity index (χ4v) is 4.60. The molecular weight excluding hydrogens is 276 g/mol. The van der Waals surface area contributed by atoms with Crippen molar-refractivity contribution in [3.8, 4) is 0 Å². The molecule has 0 aromatic heterocycles. The van der Waals surface area contributed by atoms with Crippen LogP contribution in [-0.4, -0.2) is 37.0 Å². The Balaban J connectivity index is 2.42. The van der Waals surface area contributed by atoms with Crippen LogP contribution in [0.1, 0.15) is 27.7 Å². The summed E-state index contributed by atoms with van der Waals surface area (Å²) < 4.78 is 32.9. The van der Waals surface area contributed by atoms with Crippen LogP contribution in [0.15, 0.2) is 29.2 Å². The molecule has 112 valence electrons. The van der Waals surface area contributed by atoms with E-state index < -0.39 is 21.2 Å². The molecule has 0 unspecified atom stereocenters. The predicted molar refractivity (Wildman–Crippen MR) is 78.9 cm³/mol. The first-order valence-corrected chi connectivity index (χ1v) is 8.02. The second-order valence-corrected chi connectivity index (χ2v) is 8.34. The molecule has 0 saturated carbocycles. The van der Waals surface area contributed by atoms with Crippen molar-refractivity contribution in [3.05, 3.63) is 24.3 Å². The fourth-order valence-electron chi connectivity index (χ4n) is 2.74. The number of sulfonamides is 1. The van der Waals surface area contributed by atoms with Gasteiger partial charge in [-0.25, -0.2) is 8.42 Å². The minimum atomic E-state index is -3.61. The molecule has 1 fully saturated rings. The van der Waals surface area contributed by atoms with Gasteiger partial charge < -0.3 is 10.5 Å². The molecule has 0 bridgehead atoms. The van der Waals surface area contributed by atoms with Gasteiger partial charge in [0.2, 0.25) is 10.0 Å². The number of nitrogen functional groups attached to an aromatic ring is 1. The van der Waals surface area contributed by atoms with E-state index in [1.54, 1.807) is 24.3 Å².